The Balaban J connectivity index is -0.000000414. The van der Waals surface area contributed by atoms with Crippen LogP contribution in [-0.4, -0.2) is 55.3 Å². The van der Waals surface area contributed by atoms with E-state index in [2.05, 4.69) is 13.8 Å². The summed E-state index contributed by atoms with van der Waals surface area (Å²) in [6.45, 7) is 4.57. The normalized spacial score (nSPS) is 10.4. The van der Waals surface area contributed by atoms with Gasteiger partial charge in [-0.2, -0.15) is 0 Å². The maximum atomic E-state index is 8.52. The summed E-state index contributed by atoms with van der Waals surface area (Å²) in [6.07, 6.45) is 17.4. The van der Waals surface area contributed by atoms with E-state index in [1.54, 1.807) is 0 Å². The van der Waals surface area contributed by atoms with Crippen LogP contribution in [-0.2, 0) is 10.4 Å². The van der Waals surface area contributed by atoms with Gasteiger partial charge in [-0.05, 0) is 0 Å². The maximum Gasteiger partial charge on any atom is 2.00 e. The van der Waals surface area contributed by atoms with Crippen molar-refractivity contribution in [3.05, 3.63) is 0 Å². The van der Waals surface area contributed by atoms with Crippen molar-refractivity contribution in [2.45, 2.75) is 90.9 Å². The molecule has 0 aromatic carbocycles. The molecule has 0 saturated carbocycles. The van der Waals surface area contributed by atoms with Crippen LogP contribution in [0.1, 0.15) is 90.9 Å². The maximum absolute atomic E-state index is 8.52. The molecule has 0 heterocycles. The Morgan fingerprint density at radius 3 is 0.900 bits per heavy atom. The fourth-order valence-electron chi connectivity index (χ4n) is 1.91. The average molecular weight is 335 g/mol. The van der Waals surface area contributed by atoms with Gasteiger partial charge >= 0.3 is 37.7 Å². The molecule has 20 heavy (non-hydrogen) atoms. The van der Waals surface area contributed by atoms with Gasteiger partial charge in [-0.25, -0.2) is 0 Å². The zero-order valence-electron chi connectivity index (χ0n) is 13.2. The Morgan fingerprint density at radius 2 is 0.750 bits per heavy atom. The van der Waals surface area contributed by atoms with Crippen molar-refractivity contribution in [3.63, 3.8) is 0 Å². The van der Waals surface area contributed by atoms with Crippen molar-refractivity contribution in [2.75, 3.05) is 0 Å². The second-order valence-electron chi connectivity index (χ2n) is 4.94. The Morgan fingerprint density at radius 1 is 0.600 bits per heavy atom. The van der Waals surface area contributed by atoms with Crippen molar-refractivity contribution < 1.29 is 17.5 Å². The van der Waals surface area contributed by atoms with Crippen LogP contribution in [0.3, 0.4) is 0 Å². The Bertz CT molecular complexity index is 236. The summed E-state index contributed by atoms with van der Waals surface area (Å²) in [7, 11) is -5.17. The quantitative estimate of drug-likeness (QED) is 0.248. The molecule has 0 saturated heterocycles. The third-order valence-electron chi connectivity index (χ3n) is 2.96. The van der Waals surface area contributed by atoms with Crippen molar-refractivity contribution in [1.82, 2.24) is 0 Å². The summed E-state index contributed by atoms with van der Waals surface area (Å²) in [5.41, 5.74) is 0. The zero-order valence-corrected chi connectivity index (χ0v) is 16.3. The van der Waals surface area contributed by atoms with E-state index in [0.29, 0.717) is 0 Å². The summed E-state index contributed by atoms with van der Waals surface area (Å²) < 4.78 is 34.1. The molecule has 0 aliphatic rings. The summed E-state index contributed by atoms with van der Waals surface area (Å²) in [5, 5.41) is 0. The molecule has 6 heteroatoms. The number of rotatable bonds is 11. The predicted octanol–water partition coefficient (Wildman–Crippen LogP) is 3.99. The molecule has 0 aromatic heterocycles. The molecule has 0 spiro atoms. The Kier molecular flexibility index (Phi) is 26.2. The molecular weight excluding hydrogens is 304 g/mol. The van der Waals surface area contributed by atoms with E-state index < -0.39 is 10.4 Å². The third-order valence-corrected chi connectivity index (χ3v) is 2.96. The minimum Gasteiger partial charge on any atom is -0.759 e. The molecule has 118 valence electrons. The van der Waals surface area contributed by atoms with E-state index in [0.717, 1.165) is 0 Å². The Labute approximate surface area is 155 Å². The third kappa shape index (κ3) is 42.7. The van der Waals surface area contributed by atoms with Crippen LogP contribution in [0.4, 0.5) is 0 Å². The van der Waals surface area contributed by atoms with Gasteiger partial charge in [0.25, 0.3) is 0 Å². The Hall–Kier alpha value is 1.13. The molecular formula is C14H30CaO4S. The van der Waals surface area contributed by atoms with Gasteiger partial charge in [0.15, 0.2) is 0 Å². The van der Waals surface area contributed by atoms with Gasteiger partial charge in [-0.15, -0.1) is 0 Å². The molecule has 0 bridgehead atoms. The summed E-state index contributed by atoms with van der Waals surface area (Å²) >= 11 is 0. The molecule has 0 N–H and O–H groups in total. The van der Waals surface area contributed by atoms with Crippen molar-refractivity contribution in [2.24, 2.45) is 0 Å². The van der Waals surface area contributed by atoms with Gasteiger partial charge < -0.3 is 9.11 Å². The number of hydrogen-bond acceptors (Lipinski definition) is 4. The van der Waals surface area contributed by atoms with Gasteiger partial charge in [-0.3, -0.25) is 8.42 Å². The monoisotopic (exact) mass is 334 g/mol. The molecule has 4 nitrogen and oxygen atoms in total. The molecule has 0 fully saturated rings. The van der Waals surface area contributed by atoms with E-state index >= 15 is 0 Å². The van der Waals surface area contributed by atoms with Crippen molar-refractivity contribution in [1.29, 1.82) is 0 Å². The smallest absolute Gasteiger partial charge is 0.759 e. The SMILES string of the molecule is CCCCCCCCCCCCCC.O=S(=O)([O-])[O-].[Ca+2]. The van der Waals surface area contributed by atoms with Gasteiger partial charge in [0.1, 0.15) is 0 Å². The van der Waals surface area contributed by atoms with E-state index in [1.807, 2.05) is 0 Å². The first kappa shape index (κ1) is 26.0. The van der Waals surface area contributed by atoms with Crippen LogP contribution < -0.4 is 0 Å². The van der Waals surface area contributed by atoms with Crippen molar-refractivity contribution in [3.8, 4) is 0 Å². The second kappa shape index (κ2) is 20.1. The molecule has 0 rings (SSSR count). The molecule has 0 aromatic rings. The van der Waals surface area contributed by atoms with Gasteiger partial charge in [-0.1, -0.05) is 90.9 Å². The van der Waals surface area contributed by atoms with Gasteiger partial charge in [0.2, 0.25) is 0 Å². The minimum atomic E-state index is -5.17. The van der Waals surface area contributed by atoms with Crippen LogP contribution >= 0.6 is 0 Å². The fourth-order valence-corrected chi connectivity index (χ4v) is 1.91. The van der Waals surface area contributed by atoms with Crippen LogP contribution in [0.15, 0.2) is 0 Å². The van der Waals surface area contributed by atoms with Crippen LogP contribution in [0, 0.1) is 0 Å². The largest absolute Gasteiger partial charge is 2.00 e. The molecule has 0 aliphatic carbocycles. The predicted molar refractivity (Wildman–Crippen MR) is 83.0 cm³/mol. The average Bonchev–Trinajstić information content (AvgIpc) is 2.29. The second-order valence-corrected chi connectivity index (χ2v) is 5.76. The van der Waals surface area contributed by atoms with Crippen LogP contribution in [0.2, 0.25) is 0 Å². The number of hydrogen-bond donors (Lipinski definition) is 0. The minimum absolute atomic E-state index is 0. The van der Waals surface area contributed by atoms with E-state index in [-0.39, 0.29) is 37.7 Å². The molecule has 0 atom stereocenters. The van der Waals surface area contributed by atoms with Gasteiger partial charge in [0, 0.05) is 10.4 Å². The van der Waals surface area contributed by atoms with Gasteiger partial charge in [0.05, 0.1) is 0 Å². The zero-order chi connectivity index (χ0) is 15.0. The van der Waals surface area contributed by atoms with E-state index in [9.17, 15) is 0 Å². The number of unbranched alkanes of at least 4 members (excludes halogenated alkanes) is 11. The molecule has 0 radical (unpaired) electrons. The standard InChI is InChI=1S/C14H30.Ca.H2O4S/c1-3-5-7-9-11-13-14-12-10-8-6-4-2;;1-5(2,3)4/h3-14H2,1-2H3;;(H2,1,2,3,4)/q;+2;/p-2. The van der Waals surface area contributed by atoms with Crippen LogP contribution in [0.5, 0.6) is 0 Å². The molecule has 0 aliphatic heterocycles. The van der Waals surface area contributed by atoms with Crippen LogP contribution in [0.25, 0.3) is 0 Å². The molecule has 0 unspecified atom stereocenters. The topological polar surface area (TPSA) is 80.3 Å². The first-order chi connectivity index (χ1) is 8.91. The summed E-state index contributed by atoms with van der Waals surface area (Å²) in [6, 6.07) is 0. The summed E-state index contributed by atoms with van der Waals surface area (Å²) in [5.74, 6) is 0. The van der Waals surface area contributed by atoms with Crippen molar-refractivity contribution >= 4 is 48.1 Å². The van der Waals surface area contributed by atoms with E-state index in [4.69, 9.17) is 17.5 Å². The van der Waals surface area contributed by atoms with E-state index in [1.165, 1.54) is 77.0 Å². The fraction of sp³-hybridized carbons (Fsp3) is 1.00. The first-order valence-corrected chi connectivity index (χ1v) is 8.91. The molecule has 0 amide bonds. The first-order valence-electron chi connectivity index (χ1n) is 7.58. The summed E-state index contributed by atoms with van der Waals surface area (Å²) in [4.78, 5) is 0.